The molecule has 21 heavy (non-hydrogen) atoms. The first-order valence-electron chi connectivity index (χ1n) is 8.89. The van der Waals surface area contributed by atoms with E-state index < -0.39 is 0 Å². The van der Waals surface area contributed by atoms with E-state index in [4.69, 9.17) is 0 Å². The predicted octanol–water partition coefficient (Wildman–Crippen LogP) is 2.85. The smallest absolute Gasteiger partial charge is 0.00106 e. The zero-order valence-corrected chi connectivity index (χ0v) is 15.0. The van der Waals surface area contributed by atoms with E-state index in [1.807, 2.05) is 0 Å². The number of hydrogen-bond acceptors (Lipinski definition) is 3. The normalized spacial score (nSPS) is 22.4. The Morgan fingerprint density at radius 2 is 1.71 bits per heavy atom. The quantitative estimate of drug-likeness (QED) is 0.779. The van der Waals surface area contributed by atoms with Gasteiger partial charge in [-0.15, -0.1) is 12.4 Å². The molecule has 2 aliphatic heterocycles. The molecule has 126 valence electrons. The first kappa shape index (κ1) is 19.2. The zero-order chi connectivity index (χ0) is 14.2. The van der Waals surface area contributed by atoms with Crippen molar-refractivity contribution in [2.24, 2.45) is 11.8 Å². The Morgan fingerprint density at radius 3 is 2.33 bits per heavy atom. The van der Waals surface area contributed by atoms with E-state index in [2.05, 4.69) is 29.1 Å². The summed E-state index contributed by atoms with van der Waals surface area (Å²) in [5, 5.41) is 3.47. The van der Waals surface area contributed by atoms with Crippen LogP contribution in [0.2, 0.25) is 0 Å². The molecule has 0 aromatic heterocycles. The van der Waals surface area contributed by atoms with Crippen molar-refractivity contribution in [1.29, 1.82) is 0 Å². The molecule has 0 saturated carbocycles. The minimum absolute atomic E-state index is 0. The fraction of sp³-hybridized carbons (Fsp3) is 1.00. The minimum Gasteiger partial charge on any atom is -0.317 e. The van der Waals surface area contributed by atoms with Gasteiger partial charge in [0.2, 0.25) is 0 Å². The molecule has 3 nitrogen and oxygen atoms in total. The highest BCUT2D eigenvalue weighted by molar-refractivity contribution is 5.85. The van der Waals surface area contributed by atoms with Gasteiger partial charge in [0.05, 0.1) is 0 Å². The lowest BCUT2D eigenvalue weighted by molar-refractivity contribution is 0.130. The lowest BCUT2D eigenvalue weighted by Gasteiger charge is -2.36. The average Bonchev–Trinajstić information content (AvgIpc) is 2.48. The molecule has 2 aliphatic rings. The van der Waals surface area contributed by atoms with Crippen LogP contribution < -0.4 is 5.32 Å². The fourth-order valence-electron chi connectivity index (χ4n) is 3.74. The van der Waals surface area contributed by atoms with Gasteiger partial charge in [-0.2, -0.15) is 0 Å². The number of rotatable bonds is 7. The van der Waals surface area contributed by atoms with E-state index >= 15 is 0 Å². The highest BCUT2D eigenvalue weighted by Gasteiger charge is 2.23. The van der Waals surface area contributed by atoms with Gasteiger partial charge in [0, 0.05) is 13.1 Å². The molecule has 2 heterocycles. The van der Waals surface area contributed by atoms with E-state index in [9.17, 15) is 0 Å². The summed E-state index contributed by atoms with van der Waals surface area (Å²) >= 11 is 0. The van der Waals surface area contributed by atoms with Crippen LogP contribution in [0.5, 0.6) is 0 Å². The third-order valence-electron chi connectivity index (χ3n) is 5.15. The molecule has 0 aromatic rings. The van der Waals surface area contributed by atoms with Crippen molar-refractivity contribution in [3.63, 3.8) is 0 Å². The summed E-state index contributed by atoms with van der Waals surface area (Å²) in [4.78, 5) is 5.29. The number of nitrogens with one attached hydrogen (secondary N) is 1. The highest BCUT2D eigenvalue weighted by atomic mass is 35.5. The second-order valence-electron chi connectivity index (χ2n) is 7.05. The number of unbranched alkanes of at least 4 members (excludes halogenated alkanes) is 1. The molecular formula is C17H36ClN3. The molecule has 0 aliphatic carbocycles. The van der Waals surface area contributed by atoms with Crippen LogP contribution in [0.25, 0.3) is 0 Å². The SMILES string of the molecule is CCCCN(C)CC1CCN(CC2CCNCC2)CC1.Cl. The molecular weight excluding hydrogens is 282 g/mol. The third kappa shape index (κ3) is 7.32. The number of nitrogens with zero attached hydrogens (tertiary/aromatic N) is 2. The number of halogens is 1. The maximum Gasteiger partial charge on any atom is 0.00106 e. The molecule has 2 rings (SSSR count). The van der Waals surface area contributed by atoms with Gasteiger partial charge in [-0.1, -0.05) is 13.3 Å². The standard InChI is InChI=1S/C17H35N3.ClH/c1-3-4-11-19(2)14-17-7-12-20(13-8-17)15-16-5-9-18-10-6-16;/h16-18H,3-15H2,1-2H3;1H. The zero-order valence-electron chi connectivity index (χ0n) is 14.1. The van der Waals surface area contributed by atoms with Crippen molar-refractivity contribution >= 4 is 12.4 Å². The third-order valence-corrected chi connectivity index (χ3v) is 5.15. The Morgan fingerprint density at radius 1 is 1.05 bits per heavy atom. The summed E-state index contributed by atoms with van der Waals surface area (Å²) in [5.74, 6) is 1.90. The Bertz CT molecular complexity index is 248. The van der Waals surface area contributed by atoms with E-state index in [1.54, 1.807) is 0 Å². The number of hydrogen-bond donors (Lipinski definition) is 1. The molecule has 0 amide bonds. The van der Waals surface area contributed by atoms with Crippen LogP contribution in [0, 0.1) is 11.8 Å². The van der Waals surface area contributed by atoms with Crippen LogP contribution in [0.3, 0.4) is 0 Å². The van der Waals surface area contributed by atoms with E-state index in [1.165, 1.54) is 84.3 Å². The Balaban J connectivity index is 0.00000220. The second kappa shape index (κ2) is 10.8. The van der Waals surface area contributed by atoms with Gasteiger partial charge in [-0.05, 0) is 83.7 Å². The summed E-state index contributed by atoms with van der Waals surface area (Å²) in [6.45, 7) is 11.4. The van der Waals surface area contributed by atoms with Crippen molar-refractivity contribution in [2.45, 2.75) is 45.4 Å². The summed E-state index contributed by atoms with van der Waals surface area (Å²) in [5.41, 5.74) is 0. The Hall–Kier alpha value is 0.170. The summed E-state index contributed by atoms with van der Waals surface area (Å²) < 4.78 is 0. The van der Waals surface area contributed by atoms with Gasteiger partial charge in [-0.25, -0.2) is 0 Å². The molecule has 0 atom stereocenters. The van der Waals surface area contributed by atoms with Crippen molar-refractivity contribution in [3.8, 4) is 0 Å². The molecule has 1 N–H and O–H groups in total. The second-order valence-corrected chi connectivity index (χ2v) is 7.05. The van der Waals surface area contributed by atoms with Gasteiger partial charge in [-0.3, -0.25) is 0 Å². The Labute approximate surface area is 138 Å². The fourth-order valence-corrected chi connectivity index (χ4v) is 3.74. The van der Waals surface area contributed by atoms with Gasteiger partial charge < -0.3 is 15.1 Å². The molecule has 2 saturated heterocycles. The van der Waals surface area contributed by atoms with Crippen LogP contribution >= 0.6 is 12.4 Å². The molecule has 2 fully saturated rings. The summed E-state index contributed by atoms with van der Waals surface area (Å²) in [7, 11) is 2.30. The van der Waals surface area contributed by atoms with Gasteiger partial charge >= 0.3 is 0 Å². The molecule has 4 heteroatoms. The van der Waals surface area contributed by atoms with Crippen molar-refractivity contribution < 1.29 is 0 Å². The average molecular weight is 318 g/mol. The predicted molar refractivity (Wildman–Crippen MR) is 94.4 cm³/mol. The van der Waals surface area contributed by atoms with Crippen molar-refractivity contribution in [1.82, 2.24) is 15.1 Å². The highest BCUT2D eigenvalue weighted by Crippen LogP contribution is 2.21. The topological polar surface area (TPSA) is 18.5 Å². The minimum atomic E-state index is 0. The molecule has 0 spiro atoms. The van der Waals surface area contributed by atoms with Crippen LogP contribution in [-0.4, -0.2) is 62.7 Å². The van der Waals surface area contributed by atoms with Crippen molar-refractivity contribution in [2.75, 3.05) is 52.9 Å². The van der Waals surface area contributed by atoms with E-state index in [-0.39, 0.29) is 12.4 Å². The molecule has 0 aromatic carbocycles. The molecule has 0 unspecified atom stereocenters. The summed E-state index contributed by atoms with van der Waals surface area (Å²) in [6, 6.07) is 0. The summed E-state index contributed by atoms with van der Waals surface area (Å²) in [6.07, 6.45) is 8.28. The van der Waals surface area contributed by atoms with Gasteiger partial charge in [0.25, 0.3) is 0 Å². The van der Waals surface area contributed by atoms with Crippen LogP contribution in [-0.2, 0) is 0 Å². The first-order valence-corrected chi connectivity index (χ1v) is 8.89. The molecule has 0 radical (unpaired) electrons. The number of piperidine rings is 2. The maximum absolute atomic E-state index is 3.47. The largest absolute Gasteiger partial charge is 0.317 e. The number of likely N-dealkylation sites (tertiary alicyclic amines) is 1. The van der Waals surface area contributed by atoms with Gasteiger partial charge in [0.15, 0.2) is 0 Å². The van der Waals surface area contributed by atoms with Gasteiger partial charge in [0.1, 0.15) is 0 Å². The monoisotopic (exact) mass is 317 g/mol. The molecule has 0 bridgehead atoms. The lowest BCUT2D eigenvalue weighted by Crippen LogP contribution is -2.42. The van der Waals surface area contributed by atoms with E-state index in [0.717, 1.165) is 11.8 Å². The van der Waals surface area contributed by atoms with Crippen LogP contribution in [0.1, 0.15) is 45.4 Å². The van der Waals surface area contributed by atoms with Crippen molar-refractivity contribution in [3.05, 3.63) is 0 Å². The Kier molecular flexibility index (Phi) is 9.90. The van der Waals surface area contributed by atoms with E-state index in [0.29, 0.717) is 0 Å². The lowest BCUT2D eigenvalue weighted by atomic mass is 9.93. The first-order chi connectivity index (χ1) is 9.78. The van der Waals surface area contributed by atoms with Crippen LogP contribution in [0.15, 0.2) is 0 Å². The van der Waals surface area contributed by atoms with Crippen LogP contribution in [0.4, 0.5) is 0 Å². The maximum atomic E-state index is 3.47.